The zero-order valence-corrected chi connectivity index (χ0v) is 16.4. The minimum absolute atomic E-state index is 0. The SMILES string of the molecule is COCCCNC(=NCC(=O)N(C)C)NCc1cccs1.I. The number of hydrogen-bond acceptors (Lipinski definition) is 4. The number of nitrogens with zero attached hydrogens (tertiary/aromatic N) is 2. The maximum atomic E-state index is 11.6. The van der Waals surface area contributed by atoms with Crippen LogP contribution in [0.25, 0.3) is 0 Å². The fraction of sp³-hybridized carbons (Fsp3) is 0.571. The lowest BCUT2D eigenvalue weighted by molar-refractivity contribution is -0.127. The van der Waals surface area contributed by atoms with E-state index < -0.39 is 0 Å². The quantitative estimate of drug-likeness (QED) is 0.279. The maximum Gasteiger partial charge on any atom is 0.243 e. The normalized spacial score (nSPS) is 10.8. The Morgan fingerprint density at radius 2 is 2.18 bits per heavy atom. The van der Waals surface area contributed by atoms with Gasteiger partial charge in [-0.15, -0.1) is 35.3 Å². The minimum Gasteiger partial charge on any atom is -0.385 e. The van der Waals surface area contributed by atoms with Gasteiger partial charge in [-0.3, -0.25) is 4.79 Å². The number of nitrogens with one attached hydrogen (secondary N) is 2. The van der Waals surface area contributed by atoms with Gasteiger partial charge in [-0.25, -0.2) is 4.99 Å². The van der Waals surface area contributed by atoms with Crippen LogP contribution in [0, 0.1) is 0 Å². The van der Waals surface area contributed by atoms with E-state index in [9.17, 15) is 4.79 Å². The summed E-state index contributed by atoms with van der Waals surface area (Å²) in [6.07, 6.45) is 0.887. The molecule has 1 amide bonds. The number of guanidine groups is 1. The fourth-order valence-electron chi connectivity index (χ4n) is 1.47. The summed E-state index contributed by atoms with van der Waals surface area (Å²) < 4.78 is 5.01. The van der Waals surface area contributed by atoms with E-state index in [1.54, 1.807) is 32.5 Å². The van der Waals surface area contributed by atoms with Crippen molar-refractivity contribution in [2.75, 3.05) is 40.9 Å². The molecular weight excluding hydrogens is 415 g/mol. The number of halogens is 1. The fourth-order valence-corrected chi connectivity index (χ4v) is 2.11. The molecule has 22 heavy (non-hydrogen) atoms. The highest BCUT2D eigenvalue weighted by Crippen LogP contribution is 2.07. The van der Waals surface area contributed by atoms with Crippen LogP contribution in [0.2, 0.25) is 0 Å². The molecule has 2 N–H and O–H groups in total. The summed E-state index contributed by atoms with van der Waals surface area (Å²) in [5.74, 6) is 0.624. The summed E-state index contributed by atoms with van der Waals surface area (Å²) >= 11 is 1.69. The van der Waals surface area contributed by atoms with Crippen molar-refractivity contribution in [2.24, 2.45) is 4.99 Å². The maximum absolute atomic E-state index is 11.6. The molecule has 0 bridgehead atoms. The Hall–Kier alpha value is -0.870. The van der Waals surface area contributed by atoms with Gasteiger partial charge in [0.1, 0.15) is 6.54 Å². The largest absolute Gasteiger partial charge is 0.385 e. The Labute approximate surface area is 153 Å². The van der Waals surface area contributed by atoms with Crippen molar-refractivity contribution in [3.8, 4) is 0 Å². The highest BCUT2D eigenvalue weighted by atomic mass is 127. The summed E-state index contributed by atoms with van der Waals surface area (Å²) in [4.78, 5) is 18.7. The highest BCUT2D eigenvalue weighted by molar-refractivity contribution is 14.0. The first-order chi connectivity index (χ1) is 10.1. The average molecular weight is 440 g/mol. The van der Waals surface area contributed by atoms with Gasteiger partial charge in [0.15, 0.2) is 5.96 Å². The van der Waals surface area contributed by atoms with Gasteiger partial charge in [0, 0.05) is 39.2 Å². The zero-order valence-electron chi connectivity index (χ0n) is 13.3. The number of hydrogen-bond donors (Lipinski definition) is 2. The van der Waals surface area contributed by atoms with Crippen LogP contribution in [0.4, 0.5) is 0 Å². The smallest absolute Gasteiger partial charge is 0.243 e. The van der Waals surface area contributed by atoms with Crippen molar-refractivity contribution >= 4 is 47.2 Å². The van der Waals surface area contributed by atoms with Crippen LogP contribution in [0.15, 0.2) is 22.5 Å². The molecule has 0 saturated heterocycles. The molecule has 1 heterocycles. The number of rotatable bonds is 8. The van der Waals surface area contributed by atoms with Crippen molar-refractivity contribution in [3.63, 3.8) is 0 Å². The summed E-state index contributed by atoms with van der Waals surface area (Å²) in [6, 6.07) is 4.07. The molecule has 1 rings (SSSR count). The first kappa shape index (κ1) is 21.1. The second-order valence-electron chi connectivity index (χ2n) is 4.66. The van der Waals surface area contributed by atoms with Crippen molar-refractivity contribution in [1.29, 1.82) is 0 Å². The minimum atomic E-state index is -0.0240. The van der Waals surface area contributed by atoms with Crippen LogP contribution >= 0.6 is 35.3 Å². The highest BCUT2D eigenvalue weighted by Gasteiger charge is 2.04. The molecule has 8 heteroatoms. The van der Waals surface area contributed by atoms with Crippen LogP contribution in [0.5, 0.6) is 0 Å². The molecule has 0 atom stereocenters. The van der Waals surface area contributed by atoms with Crippen LogP contribution < -0.4 is 10.6 Å². The van der Waals surface area contributed by atoms with Gasteiger partial charge in [0.2, 0.25) is 5.91 Å². The second kappa shape index (κ2) is 12.7. The number of methoxy groups -OCH3 is 1. The third kappa shape index (κ3) is 9.21. The Morgan fingerprint density at radius 3 is 2.77 bits per heavy atom. The molecule has 0 aliphatic carbocycles. The van der Waals surface area contributed by atoms with E-state index >= 15 is 0 Å². The van der Waals surface area contributed by atoms with E-state index in [0.717, 1.165) is 13.0 Å². The van der Waals surface area contributed by atoms with E-state index in [4.69, 9.17) is 4.74 Å². The molecule has 0 aliphatic heterocycles. The molecular formula is C14H25IN4O2S. The third-order valence-corrected chi connectivity index (χ3v) is 3.58. The molecule has 0 aromatic carbocycles. The summed E-state index contributed by atoms with van der Waals surface area (Å²) in [6.45, 7) is 2.28. The predicted molar refractivity (Wildman–Crippen MR) is 102 cm³/mol. The molecule has 0 radical (unpaired) electrons. The summed E-state index contributed by atoms with van der Waals surface area (Å²) in [7, 11) is 5.13. The predicted octanol–water partition coefficient (Wildman–Crippen LogP) is 1.53. The molecule has 6 nitrogen and oxygen atoms in total. The van der Waals surface area contributed by atoms with Gasteiger partial charge in [0.25, 0.3) is 0 Å². The Morgan fingerprint density at radius 1 is 1.41 bits per heavy atom. The Bertz CT molecular complexity index is 438. The summed E-state index contributed by atoms with van der Waals surface area (Å²) in [5.41, 5.74) is 0. The number of carbonyl (C=O) groups is 1. The summed E-state index contributed by atoms with van der Waals surface area (Å²) in [5, 5.41) is 8.47. The van der Waals surface area contributed by atoms with Gasteiger partial charge >= 0.3 is 0 Å². The molecule has 0 spiro atoms. The van der Waals surface area contributed by atoms with Gasteiger partial charge < -0.3 is 20.3 Å². The van der Waals surface area contributed by atoms with E-state index in [0.29, 0.717) is 19.1 Å². The average Bonchev–Trinajstić information content (AvgIpc) is 2.98. The van der Waals surface area contributed by atoms with E-state index in [2.05, 4.69) is 21.7 Å². The number of aliphatic imine (C=N–C) groups is 1. The molecule has 0 fully saturated rings. The van der Waals surface area contributed by atoms with Gasteiger partial charge in [0.05, 0.1) is 6.54 Å². The number of ether oxygens (including phenoxy) is 1. The monoisotopic (exact) mass is 440 g/mol. The molecule has 1 aromatic heterocycles. The second-order valence-corrected chi connectivity index (χ2v) is 5.69. The number of likely N-dealkylation sites (N-methyl/N-ethyl adjacent to an activating group) is 1. The Kier molecular flexibility index (Phi) is 12.2. The third-order valence-electron chi connectivity index (χ3n) is 2.70. The van der Waals surface area contributed by atoms with Crippen LogP contribution in [-0.4, -0.2) is 57.7 Å². The van der Waals surface area contributed by atoms with Gasteiger partial charge in [-0.05, 0) is 17.9 Å². The zero-order chi connectivity index (χ0) is 15.5. The topological polar surface area (TPSA) is 66.0 Å². The van der Waals surface area contributed by atoms with Crippen molar-refractivity contribution < 1.29 is 9.53 Å². The van der Waals surface area contributed by atoms with Crippen LogP contribution in [-0.2, 0) is 16.1 Å². The van der Waals surface area contributed by atoms with Crippen LogP contribution in [0.1, 0.15) is 11.3 Å². The van der Waals surface area contributed by atoms with Crippen molar-refractivity contribution in [1.82, 2.24) is 15.5 Å². The van der Waals surface area contributed by atoms with E-state index in [-0.39, 0.29) is 36.4 Å². The van der Waals surface area contributed by atoms with Gasteiger partial charge in [-0.1, -0.05) is 6.07 Å². The van der Waals surface area contributed by atoms with E-state index in [1.807, 2.05) is 11.4 Å². The molecule has 0 saturated carbocycles. The van der Waals surface area contributed by atoms with Crippen molar-refractivity contribution in [3.05, 3.63) is 22.4 Å². The van der Waals surface area contributed by atoms with Gasteiger partial charge in [-0.2, -0.15) is 0 Å². The molecule has 126 valence electrons. The standard InChI is InChI=1S/C14H24N4O2S.HI/c1-18(2)13(19)11-17-14(15-7-5-8-20-3)16-10-12-6-4-9-21-12;/h4,6,9H,5,7-8,10-11H2,1-3H3,(H2,15,16,17);1H. The lowest BCUT2D eigenvalue weighted by Gasteiger charge is -2.13. The molecule has 0 unspecified atom stereocenters. The molecule has 0 aliphatic rings. The van der Waals surface area contributed by atoms with E-state index in [1.165, 1.54) is 9.78 Å². The first-order valence-corrected chi connectivity index (χ1v) is 7.75. The number of thiophene rings is 1. The van der Waals surface area contributed by atoms with Crippen molar-refractivity contribution in [2.45, 2.75) is 13.0 Å². The molecule has 1 aromatic rings. The number of carbonyl (C=O) groups excluding carboxylic acids is 1. The van der Waals surface area contributed by atoms with Crippen LogP contribution in [0.3, 0.4) is 0 Å². The lowest BCUT2D eigenvalue weighted by Crippen LogP contribution is -2.38. The lowest BCUT2D eigenvalue weighted by atomic mass is 10.4. The number of amides is 1. The Balaban J connectivity index is 0.00000441. The first-order valence-electron chi connectivity index (χ1n) is 6.87.